The Morgan fingerprint density at radius 3 is 2.53 bits per heavy atom. The summed E-state index contributed by atoms with van der Waals surface area (Å²) in [5.74, 6) is -0.818. The van der Waals surface area contributed by atoms with Gasteiger partial charge in [-0.05, 0) is 54.3 Å². The molecule has 2 aromatic heterocycles. The van der Waals surface area contributed by atoms with E-state index in [0.29, 0.717) is 44.8 Å². The third-order valence-electron chi connectivity index (χ3n) is 8.34. The maximum atomic E-state index is 13.1. The van der Waals surface area contributed by atoms with Crippen LogP contribution in [0.15, 0.2) is 73.2 Å². The number of amides is 2. The molecule has 1 unspecified atom stereocenters. The summed E-state index contributed by atoms with van der Waals surface area (Å²) in [7, 11) is 1.81. The lowest BCUT2D eigenvalue weighted by atomic mass is 10.0. The number of pyridine rings is 1. The van der Waals surface area contributed by atoms with Crippen molar-refractivity contribution in [2.45, 2.75) is 25.4 Å². The van der Waals surface area contributed by atoms with E-state index < -0.39 is 12.1 Å². The number of nitrogens with one attached hydrogen (secondary N) is 1. The van der Waals surface area contributed by atoms with Gasteiger partial charge in [-0.1, -0.05) is 36.4 Å². The fourth-order valence-corrected chi connectivity index (χ4v) is 5.84. The van der Waals surface area contributed by atoms with Crippen molar-refractivity contribution >= 4 is 23.8 Å². The molecule has 0 saturated carbocycles. The summed E-state index contributed by atoms with van der Waals surface area (Å²) in [5.41, 5.74) is 10.8. The monoisotopic (exact) mass is 609 g/mol. The van der Waals surface area contributed by atoms with Gasteiger partial charge in [0.1, 0.15) is 11.6 Å². The molecule has 12 nitrogen and oxygen atoms in total. The minimum absolute atomic E-state index is 0.129. The summed E-state index contributed by atoms with van der Waals surface area (Å²) in [4.78, 5) is 45.3. The van der Waals surface area contributed by atoms with E-state index in [1.54, 1.807) is 34.1 Å². The van der Waals surface area contributed by atoms with Crippen LogP contribution in [0.4, 0.5) is 10.6 Å². The second-order valence-corrected chi connectivity index (χ2v) is 11.6. The maximum Gasteiger partial charge on any atom is 0.415 e. The number of aromatic nitrogens is 3. The van der Waals surface area contributed by atoms with Crippen molar-refractivity contribution in [1.82, 2.24) is 29.9 Å². The molecule has 6 rings (SSSR count). The van der Waals surface area contributed by atoms with E-state index in [0.717, 1.165) is 34.4 Å². The predicted molar refractivity (Wildman–Crippen MR) is 167 cm³/mol. The highest BCUT2D eigenvalue weighted by Gasteiger charge is 2.30. The van der Waals surface area contributed by atoms with Gasteiger partial charge in [0.25, 0.3) is 5.91 Å². The molecule has 2 fully saturated rings. The van der Waals surface area contributed by atoms with Gasteiger partial charge in [-0.3, -0.25) is 19.2 Å². The van der Waals surface area contributed by atoms with Gasteiger partial charge in [0.2, 0.25) is 0 Å². The minimum atomic E-state index is -0.729. The van der Waals surface area contributed by atoms with Crippen LogP contribution in [0.1, 0.15) is 28.8 Å². The number of carbonyl (C=O) groups excluding carboxylic acids is 2. The van der Waals surface area contributed by atoms with E-state index in [2.05, 4.69) is 20.3 Å². The number of nitrogens with two attached hydrogens (primary N) is 1. The van der Waals surface area contributed by atoms with Gasteiger partial charge in [-0.25, -0.2) is 9.78 Å². The molecular formula is C33H35N7O5. The van der Waals surface area contributed by atoms with Crippen LogP contribution in [0.5, 0.6) is 5.75 Å². The smallest absolute Gasteiger partial charge is 0.415 e. The number of carboxylic acids is 1. The number of aliphatic carboxylic acids is 1. The lowest BCUT2D eigenvalue weighted by Crippen LogP contribution is -2.39. The first-order valence-corrected chi connectivity index (χ1v) is 14.9. The number of nitrogen functional groups attached to an aromatic ring is 1. The summed E-state index contributed by atoms with van der Waals surface area (Å²) >= 11 is 0. The number of anilines is 1. The summed E-state index contributed by atoms with van der Waals surface area (Å²) < 4.78 is 7.38. The molecule has 2 aliphatic rings. The van der Waals surface area contributed by atoms with Crippen LogP contribution in [0.3, 0.4) is 0 Å². The van der Waals surface area contributed by atoms with E-state index in [-0.39, 0.29) is 29.2 Å². The Hall–Kier alpha value is -5.23. The predicted octanol–water partition coefficient (Wildman–Crippen LogP) is 3.64. The fraction of sp³-hybridized carbons (Fsp3) is 0.303. The number of hydrogen-bond donors (Lipinski definition) is 3. The molecule has 2 atom stereocenters. The average molecular weight is 610 g/mol. The van der Waals surface area contributed by atoms with Crippen molar-refractivity contribution in [2.75, 3.05) is 31.9 Å². The maximum absolute atomic E-state index is 13.1. The fourth-order valence-electron chi connectivity index (χ4n) is 5.84. The van der Waals surface area contributed by atoms with Crippen molar-refractivity contribution < 1.29 is 24.2 Å². The second-order valence-electron chi connectivity index (χ2n) is 11.6. The van der Waals surface area contributed by atoms with E-state index >= 15 is 0 Å². The molecule has 4 N–H and O–H groups in total. The van der Waals surface area contributed by atoms with Crippen LogP contribution in [-0.4, -0.2) is 79.9 Å². The number of hydrogen-bond acceptors (Lipinski definition) is 8. The number of benzene rings is 2. The van der Waals surface area contributed by atoms with Crippen molar-refractivity contribution in [2.24, 2.45) is 13.0 Å². The van der Waals surface area contributed by atoms with Crippen molar-refractivity contribution in [1.29, 1.82) is 0 Å². The molecule has 4 aromatic rings. The Balaban J connectivity index is 1.03. The highest BCUT2D eigenvalue weighted by Crippen LogP contribution is 2.27. The zero-order valence-electron chi connectivity index (χ0n) is 24.9. The Morgan fingerprint density at radius 2 is 1.80 bits per heavy atom. The highest BCUT2D eigenvalue weighted by molar-refractivity contribution is 5.99. The van der Waals surface area contributed by atoms with Crippen LogP contribution >= 0.6 is 0 Å². The Bertz CT molecular complexity index is 1720. The third kappa shape index (κ3) is 6.96. The van der Waals surface area contributed by atoms with Crippen LogP contribution in [0, 0.1) is 5.92 Å². The van der Waals surface area contributed by atoms with Crippen LogP contribution in [0.25, 0.3) is 22.3 Å². The molecule has 2 aliphatic heterocycles. The van der Waals surface area contributed by atoms with Gasteiger partial charge in [-0.15, -0.1) is 0 Å². The topological polar surface area (TPSA) is 156 Å². The molecule has 4 heterocycles. The number of likely N-dealkylation sites (tertiary alicyclic amines) is 2. The van der Waals surface area contributed by atoms with Gasteiger partial charge in [0.05, 0.1) is 17.7 Å². The summed E-state index contributed by atoms with van der Waals surface area (Å²) in [6.45, 7) is 2.82. The minimum Gasteiger partial charge on any atom is -0.481 e. The van der Waals surface area contributed by atoms with Crippen LogP contribution < -0.4 is 15.8 Å². The van der Waals surface area contributed by atoms with Crippen LogP contribution in [-0.2, 0) is 18.4 Å². The lowest BCUT2D eigenvalue weighted by molar-refractivity contribution is -0.141. The quantitative estimate of drug-likeness (QED) is 0.271. The first-order valence-electron chi connectivity index (χ1n) is 14.9. The summed E-state index contributed by atoms with van der Waals surface area (Å²) in [6.07, 6.45) is 5.91. The Labute approximate surface area is 260 Å². The van der Waals surface area contributed by atoms with Gasteiger partial charge in [0.15, 0.2) is 0 Å². The zero-order chi connectivity index (χ0) is 31.5. The normalized spacial score (nSPS) is 18.2. The molecule has 2 aromatic carbocycles. The lowest BCUT2D eigenvalue weighted by Gasteiger charge is -2.17. The van der Waals surface area contributed by atoms with Gasteiger partial charge in [-0.2, -0.15) is 5.10 Å². The molecule has 0 spiro atoms. The van der Waals surface area contributed by atoms with Gasteiger partial charge in [0, 0.05) is 62.8 Å². The molecule has 2 saturated heterocycles. The first-order chi connectivity index (χ1) is 21.7. The zero-order valence-corrected chi connectivity index (χ0v) is 24.9. The van der Waals surface area contributed by atoms with E-state index in [1.807, 2.05) is 55.7 Å². The number of carbonyl (C=O) groups is 3. The van der Waals surface area contributed by atoms with E-state index in [1.165, 1.54) is 0 Å². The van der Waals surface area contributed by atoms with E-state index in [4.69, 9.17) is 10.5 Å². The molecule has 0 bridgehead atoms. The number of ether oxygens (including phenoxy) is 1. The summed E-state index contributed by atoms with van der Waals surface area (Å²) in [6, 6.07) is 16.9. The molecule has 12 heteroatoms. The van der Waals surface area contributed by atoms with E-state index in [9.17, 15) is 19.5 Å². The van der Waals surface area contributed by atoms with Crippen molar-refractivity contribution in [3.63, 3.8) is 0 Å². The van der Waals surface area contributed by atoms with Gasteiger partial charge < -0.3 is 25.8 Å². The summed E-state index contributed by atoms with van der Waals surface area (Å²) in [5, 5.41) is 16.4. The SMILES string of the molecule is Cn1cc(-c2cnc(N)c(C(=O)N[C@@H]3CCN(C(=O)Oc4cccc(-c5ccc(CN6CCC(C(=O)O)C6)cc5)c4)C3)c2)cn1. The Kier molecular flexibility index (Phi) is 8.47. The molecule has 0 radical (unpaired) electrons. The van der Waals surface area contributed by atoms with Crippen LogP contribution in [0.2, 0.25) is 0 Å². The molecule has 45 heavy (non-hydrogen) atoms. The van der Waals surface area contributed by atoms with Gasteiger partial charge >= 0.3 is 12.1 Å². The van der Waals surface area contributed by atoms with Crippen molar-refractivity contribution in [3.05, 3.63) is 84.3 Å². The standard InChI is InChI=1S/C33H35N7O5/c1-38-18-26(16-36-38)25-14-29(30(34)35-15-25)31(41)37-27-10-12-40(20-27)33(44)45-28-4-2-3-23(13-28)22-7-5-21(6-8-22)17-39-11-9-24(19-39)32(42)43/h2-8,13-16,18,24,27H,9-12,17,19-20H2,1H3,(H2,34,35)(H,37,41)(H,42,43)/t24?,27-/m1/s1. The Morgan fingerprint density at radius 1 is 0.978 bits per heavy atom. The average Bonchev–Trinajstić information content (AvgIpc) is 3.80. The number of rotatable bonds is 8. The largest absolute Gasteiger partial charge is 0.481 e. The molecular weight excluding hydrogens is 574 g/mol. The molecule has 0 aliphatic carbocycles. The van der Waals surface area contributed by atoms with Crippen molar-refractivity contribution in [3.8, 4) is 28.0 Å². The third-order valence-corrected chi connectivity index (χ3v) is 8.34. The number of nitrogens with zero attached hydrogens (tertiary/aromatic N) is 5. The number of carboxylic acid groups (broad SMARTS) is 1. The highest BCUT2D eigenvalue weighted by atomic mass is 16.6. The molecule has 2 amide bonds. The number of aryl methyl sites for hydroxylation is 1. The molecule has 232 valence electrons. The second kappa shape index (κ2) is 12.8. The first kappa shape index (κ1) is 29.8.